The lowest BCUT2D eigenvalue weighted by Gasteiger charge is -2.39. The summed E-state index contributed by atoms with van der Waals surface area (Å²) < 4.78 is 0. The average Bonchev–Trinajstić information content (AvgIpc) is 3.21. The molecule has 0 spiro atoms. The molecular weight excluding hydrogens is 396 g/mol. The fourth-order valence-corrected chi connectivity index (χ4v) is 5.08. The number of carboxylic acids is 1. The number of carbonyl (C=O) groups excluding carboxylic acids is 3. The number of benzene rings is 1. The minimum Gasteiger partial charge on any atom is -0.550 e. The van der Waals surface area contributed by atoms with Crippen molar-refractivity contribution >= 4 is 23.5 Å². The van der Waals surface area contributed by atoms with E-state index in [-0.39, 0.29) is 36.1 Å². The Hall–Kier alpha value is -2.61. The highest BCUT2D eigenvalue weighted by molar-refractivity contribution is 5.94. The normalized spacial score (nSPS) is 25.9. The van der Waals surface area contributed by atoms with E-state index in [1.54, 1.807) is 0 Å². The number of hydrogen-bond acceptors (Lipinski definition) is 5. The molecule has 1 aromatic carbocycles. The summed E-state index contributed by atoms with van der Waals surface area (Å²) in [5.41, 5.74) is 7.21. The van der Waals surface area contributed by atoms with Gasteiger partial charge in [0, 0.05) is 63.7 Å². The Labute approximate surface area is 184 Å². The third-order valence-corrected chi connectivity index (χ3v) is 6.90. The summed E-state index contributed by atoms with van der Waals surface area (Å²) in [5, 5.41) is 11.3. The first-order valence-corrected chi connectivity index (χ1v) is 11.2. The zero-order valence-electron chi connectivity index (χ0n) is 18.5. The largest absolute Gasteiger partial charge is 0.550 e. The van der Waals surface area contributed by atoms with Gasteiger partial charge in [0.1, 0.15) is 0 Å². The van der Waals surface area contributed by atoms with Crippen LogP contribution in [0.1, 0.15) is 42.5 Å². The van der Waals surface area contributed by atoms with Crippen molar-refractivity contribution in [1.29, 1.82) is 0 Å². The van der Waals surface area contributed by atoms with Gasteiger partial charge in [-0.15, -0.1) is 0 Å². The van der Waals surface area contributed by atoms with E-state index in [2.05, 4.69) is 0 Å². The number of quaternary nitrogens is 1. The Morgan fingerprint density at radius 2 is 1.87 bits per heavy atom. The predicted molar refractivity (Wildman–Crippen MR) is 115 cm³/mol. The molecule has 4 atom stereocenters. The van der Waals surface area contributed by atoms with Gasteiger partial charge in [-0.3, -0.25) is 9.59 Å². The summed E-state index contributed by atoms with van der Waals surface area (Å²) >= 11 is 0. The number of nitrogens with two attached hydrogens (primary N) is 1. The highest BCUT2D eigenvalue weighted by Crippen LogP contribution is 2.29. The molecule has 0 saturated carbocycles. The molecule has 2 fully saturated rings. The minimum absolute atomic E-state index is 0.0127. The van der Waals surface area contributed by atoms with E-state index in [0.717, 1.165) is 38.0 Å². The number of likely N-dealkylation sites (tertiary alicyclic amines) is 2. The van der Waals surface area contributed by atoms with E-state index in [9.17, 15) is 19.5 Å². The van der Waals surface area contributed by atoms with Gasteiger partial charge in [-0.1, -0.05) is 0 Å². The smallest absolute Gasteiger partial charge is 0.275 e. The Kier molecular flexibility index (Phi) is 7.54. The van der Waals surface area contributed by atoms with Crippen molar-refractivity contribution in [2.75, 3.05) is 45.2 Å². The highest BCUT2D eigenvalue weighted by atomic mass is 16.4. The molecule has 0 bridgehead atoms. The number of aliphatic carboxylic acids is 1. The van der Waals surface area contributed by atoms with Crippen LogP contribution in [0.4, 0.5) is 5.69 Å². The lowest BCUT2D eigenvalue weighted by molar-refractivity contribution is -0.903. The van der Waals surface area contributed by atoms with E-state index < -0.39 is 5.97 Å². The Balaban J connectivity index is 1.66. The number of nitrogens with zero attached hydrogens (tertiary/aromatic N) is 2. The number of piperidine rings is 1. The maximum absolute atomic E-state index is 13.1. The highest BCUT2D eigenvalue weighted by Gasteiger charge is 2.36. The van der Waals surface area contributed by atoms with Crippen molar-refractivity contribution in [3.8, 4) is 0 Å². The molecule has 0 aromatic heterocycles. The minimum atomic E-state index is -1.04. The molecule has 2 saturated heterocycles. The van der Waals surface area contributed by atoms with Crippen LogP contribution in [0.15, 0.2) is 24.3 Å². The molecule has 2 aliphatic rings. The third-order valence-electron chi connectivity index (χ3n) is 6.90. The molecule has 2 amide bonds. The van der Waals surface area contributed by atoms with Crippen LogP contribution in [0.2, 0.25) is 0 Å². The number of rotatable bonds is 8. The Morgan fingerprint density at radius 1 is 1.16 bits per heavy atom. The van der Waals surface area contributed by atoms with Crippen molar-refractivity contribution in [3.63, 3.8) is 0 Å². The molecule has 2 aliphatic heterocycles. The molecule has 0 radical (unpaired) electrons. The second-order valence-electron chi connectivity index (χ2n) is 9.12. The molecule has 31 heavy (non-hydrogen) atoms. The van der Waals surface area contributed by atoms with Gasteiger partial charge in [0.2, 0.25) is 0 Å². The zero-order valence-corrected chi connectivity index (χ0v) is 18.5. The fourth-order valence-electron chi connectivity index (χ4n) is 5.08. The SMILES string of the molecule is CN(C)c1ccc(C(=O)N2CC[C@@H](CC(=O)[O-])[C@@H](CC[NH+]3CCC[C@H]3C(N)=O)C2)cc1. The van der Waals surface area contributed by atoms with Crippen molar-refractivity contribution in [1.82, 2.24) is 4.90 Å². The van der Waals surface area contributed by atoms with Crippen LogP contribution in [-0.4, -0.2) is 69.0 Å². The number of hydrogen-bond donors (Lipinski definition) is 2. The Bertz CT molecular complexity index is 795. The van der Waals surface area contributed by atoms with Crippen molar-refractivity contribution in [3.05, 3.63) is 29.8 Å². The van der Waals surface area contributed by atoms with Crippen molar-refractivity contribution in [2.45, 2.75) is 38.1 Å². The molecular formula is C23H34N4O4. The number of carbonyl (C=O) groups is 3. The number of anilines is 1. The first-order valence-electron chi connectivity index (χ1n) is 11.2. The van der Waals surface area contributed by atoms with Crippen LogP contribution in [-0.2, 0) is 9.59 Å². The van der Waals surface area contributed by atoms with Crippen molar-refractivity contribution in [2.24, 2.45) is 17.6 Å². The van der Waals surface area contributed by atoms with E-state index in [0.29, 0.717) is 25.1 Å². The van der Waals surface area contributed by atoms with Gasteiger partial charge in [-0.25, -0.2) is 0 Å². The standard InChI is InChI=1S/C23H34N4O4/c1-25(2)19-7-5-16(6-8-19)23(31)27-13-9-17(14-21(28)29)18(15-27)10-12-26-11-3-4-20(26)22(24)30/h5-8,17-18,20H,3-4,9-15H2,1-2H3,(H2,24,30)(H,28,29)/t17-,18-,20-/m0/s1. The fraction of sp³-hybridized carbons (Fsp3) is 0.609. The van der Waals surface area contributed by atoms with Gasteiger partial charge in [0.15, 0.2) is 6.04 Å². The number of amides is 2. The molecule has 3 N–H and O–H groups in total. The number of nitrogens with one attached hydrogen (secondary N) is 1. The van der Waals surface area contributed by atoms with Crippen LogP contribution in [0.3, 0.4) is 0 Å². The predicted octanol–water partition coefficient (Wildman–Crippen LogP) is -1.11. The second kappa shape index (κ2) is 10.1. The van der Waals surface area contributed by atoms with Crippen LogP contribution >= 0.6 is 0 Å². The average molecular weight is 431 g/mol. The van der Waals surface area contributed by atoms with Crippen LogP contribution in [0.25, 0.3) is 0 Å². The quantitative estimate of drug-likeness (QED) is 0.544. The summed E-state index contributed by atoms with van der Waals surface area (Å²) in [7, 11) is 3.91. The van der Waals surface area contributed by atoms with Gasteiger partial charge in [0.25, 0.3) is 11.8 Å². The van der Waals surface area contributed by atoms with E-state index in [1.807, 2.05) is 48.2 Å². The monoisotopic (exact) mass is 430 g/mol. The third kappa shape index (κ3) is 5.76. The maximum atomic E-state index is 13.1. The molecule has 1 aromatic rings. The Morgan fingerprint density at radius 3 is 2.48 bits per heavy atom. The molecule has 8 heteroatoms. The van der Waals surface area contributed by atoms with E-state index in [1.165, 1.54) is 4.90 Å². The van der Waals surface area contributed by atoms with E-state index in [4.69, 9.17) is 5.73 Å². The number of carboxylic acid groups (broad SMARTS) is 1. The van der Waals surface area contributed by atoms with Crippen LogP contribution in [0.5, 0.6) is 0 Å². The molecule has 8 nitrogen and oxygen atoms in total. The molecule has 1 unspecified atom stereocenters. The lowest BCUT2D eigenvalue weighted by Crippen LogP contribution is -3.15. The van der Waals surface area contributed by atoms with Gasteiger partial charge in [-0.2, -0.15) is 0 Å². The maximum Gasteiger partial charge on any atom is 0.275 e. The summed E-state index contributed by atoms with van der Waals surface area (Å²) in [6, 6.07) is 7.37. The second-order valence-corrected chi connectivity index (χ2v) is 9.12. The summed E-state index contributed by atoms with van der Waals surface area (Å²) in [4.78, 5) is 41.1. The molecule has 2 heterocycles. The number of primary amides is 1. The first-order chi connectivity index (χ1) is 14.8. The lowest BCUT2D eigenvalue weighted by atomic mass is 9.81. The van der Waals surface area contributed by atoms with E-state index >= 15 is 0 Å². The van der Waals surface area contributed by atoms with Gasteiger partial charge >= 0.3 is 0 Å². The summed E-state index contributed by atoms with van der Waals surface area (Å²) in [6.07, 6.45) is 3.21. The molecule has 0 aliphatic carbocycles. The first kappa shape index (κ1) is 23.1. The molecule has 3 rings (SSSR count). The summed E-state index contributed by atoms with van der Waals surface area (Å²) in [6.45, 7) is 2.75. The van der Waals surface area contributed by atoms with Crippen LogP contribution in [0, 0.1) is 11.8 Å². The van der Waals surface area contributed by atoms with Gasteiger partial charge in [-0.05, 0) is 48.9 Å². The van der Waals surface area contributed by atoms with Gasteiger partial charge < -0.3 is 30.3 Å². The molecule has 170 valence electrons. The zero-order chi connectivity index (χ0) is 22.5. The topological polar surface area (TPSA) is 111 Å². The van der Waals surface area contributed by atoms with Gasteiger partial charge in [0.05, 0.1) is 13.1 Å². The van der Waals surface area contributed by atoms with Crippen LogP contribution < -0.4 is 20.6 Å². The van der Waals surface area contributed by atoms with Crippen molar-refractivity contribution < 1.29 is 24.4 Å². The summed E-state index contributed by atoms with van der Waals surface area (Å²) in [5.74, 6) is -1.28.